The lowest BCUT2D eigenvalue weighted by Gasteiger charge is -2.14. The minimum absolute atomic E-state index is 0.0135. The molecule has 1 amide bonds. The molecule has 1 rings (SSSR count). The van der Waals surface area contributed by atoms with Crippen molar-refractivity contribution in [3.8, 4) is 0 Å². The molecule has 0 radical (unpaired) electrons. The summed E-state index contributed by atoms with van der Waals surface area (Å²) in [5.74, 6) is 0.274. The number of aliphatic hydroxyl groups excluding tert-OH is 1. The molecule has 0 fully saturated rings. The van der Waals surface area contributed by atoms with Crippen LogP contribution in [0.3, 0.4) is 0 Å². The molecule has 1 aromatic carbocycles. The van der Waals surface area contributed by atoms with Gasteiger partial charge in [0.05, 0.1) is 0 Å². The van der Waals surface area contributed by atoms with Gasteiger partial charge in [-0.2, -0.15) is 0 Å². The molecule has 100 valence electrons. The van der Waals surface area contributed by atoms with E-state index in [4.69, 9.17) is 10.8 Å². The Morgan fingerprint density at radius 2 is 1.94 bits per heavy atom. The monoisotopic (exact) mass is 250 g/mol. The minimum atomic E-state index is 0.0135. The zero-order chi connectivity index (χ0) is 13.5. The van der Waals surface area contributed by atoms with Crippen LogP contribution in [0.15, 0.2) is 24.3 Å². The van der Waals surface area contributed by atoms with E-state index in [1.165, 1.54) is 0 Å². The van der Waals surface area contributed by atoms with Crippen molar-refractivity contribution < 1.29 is 9.90 Å². The van der Waals surface area contributed by atoms with Crippen molar-refractivity contribution in [1.29, 1.82) is 0 Å². The number of anilines is 1. The van der Waals surface area contributed by atoms with Crippen LogP contribution in [0.1, 0.15) is 31.7 Å². The third-order valence-electron chi connectivity index (χ3n) is 2.96. The Balaban J connectivity index is 2.42. The van der Waals surface area contributed by atoms with Gasteiger partial charge in [0.1, 0.15) is 0 Å². The van der Waals surface area contributed by atoms with Gasteiger partial charge >= 0.3 is 0 Å². The van der Waals surface area contributed by atoms with Gasteiger partial charge in [-0.1, -0.05) is 26.0 Å². The summed E-state index contributed by atoms with van der Waals surface area (Å²) in [5.41, 5.74) is 7.46. The van der Waals surface area contributed by atoms with E-state index in [-0.39, 0.29) is 24.3 Å². The van der Waals surface area contributed by atoms with Crippen LogP contribution in [0.2, 0.25) is 0 Å². The predicted molar refractivity (Wildman–Crippen MR) is 73.1 cm³/mol. The summed E-state index contributed by atoms with van der Waals surface area (Å²) < 4.78 is 0. The average molecular weight is 250 g/mol. The lowest BCUT2D eigenvalue weighted by molar-refractivity contribution is -0.121. The number of benzene rings is 1. The maximum atomic E-state index is 11.7. The molecule has 0 aromatic heterocycles. The second-order valence-corrected chi connectivity index (χ2v) is 4.86. The van der Waals surface area contributed by atoms with Crippen LogP contribution in [0.4, 0.5) is 5.69 Å². The first-order chi connectivity index (χ1) is 8.52. The van der Waals surface area contributed by atoms with E-state index < -0.39 is 0 Å². The minimum Gasteiger partial charge on any atom is -0.399 e. The fourth-order valence-corrected chi connectivity index (χ4v) is 1.65. The molecule has 0 aliphatic heterocycles. The summed E-state index contributed by atoms with van der Waals surface area (Å²) >= 11 is 0. The molecule has 0 heterocycles. The van der Waals surface area contributed by atoms with Crippen LogP contribution < -0.4 is 11.1 Å². The van der Waals surface area contributed by atoms with Crippen molar-refractivity contribution in [2.45, 2.75) is 26.2 Å². The van der Waals surface area contributed by atoms with E-state index in [9.17, 15) is 4.79 Å². The normalized spacial score (nSPS) is 13.9. The lowest BCUT2D eigenvalue weighted by atomic mass is 9.97. The highest BCUT2D eigenvalue weighted by atomic mass is 16.3. The molecule has 4 N–H and O–H groups in total. The molecule has 18 heavy (non-hydrogen) atoms. The van der Waals surface area contributed by atoms with Crippen molar-refractivity contribution in [3.63, 3.8) is 0 Å². The van der Waals surface area contributed by atoms with Gasteiger partial charge in [-0.25, -0.2) is 0 Å². The third-order valence-corrected chi connectivity index (χ3v) is 2.96. The molecule has 0 aliphatic rings. The molecule has 2 unspecified atom stereocenters. The van der Waals surface area contributed by atoms with Gasteiger partial charge in [0.2, 0.25) is 5.91 Å². The Morgan fingerprint density at radius 3 is 2.50 bits per heavy atom. The molecule has 4 nitrogen and oxygen atoms in total. The number of nitrogens with two attached hydrogens (primary N) is 1. The Labute approximate surface area is 108 Å². The van der Waals surface area contributed by atoms with E-state index in [2.05, 4.69) is 5.32 Å². The molecular weight excluding hydrogens is 228 g/mol. The number of amides is 1. The third kappa shape index (κ3) is 4.75. The fourth-order valence-electron chi connectivity index (χ4n) is 1.65. The van der Waals surface area contributed by atoms with Crippen molar-refractivity contribution in [2.24, 2.45) is 5.92 Å². The molecule has 0 bridgehead atoms. The maximum absolute atomic E-state index is 11.7. The highest BCUT2D eigenvalue weighted by Gasteiger charge is 2.11. The largest absolute Gasteiger partial charge is 0.399 e. The highest BCUT2D eigenvalue weighted by Crippen LogP contribution is 2.19. The maximum Gasteiger partial charge on any atom is 0.220 e. The first-order valence-electron chi connectivity index (χ1n) is 6.26. The number of hydrogen-bond acceptors (Lipinski definition) is 3. The Hall–Kier alpha value is -1.55. The second-order valence-electron chi connectivity index (χ2n) is 4.86. The second kappa shape index (κ2) is 7.01. The molecule has 4 heteroatoms. The van der Waals surface area contributed by atoms with Gasteiger partial charge in [-0.3, -0.25) is 4.79 Å². The molecule has 0 spiro atoms. The summed E-state index contributed by atoms with van der Waals surface area (Å²) in [6.45, 7) is 4.52. The summed E-state index contributed by atoms with van der Waals surface area (Å²) in [4.78, 5) is 11.7. The van der Waals surface area contributed by atoms with E-state index in [0.717, 1.165) is 11.3 Å². The summed E-state index contributed by atoms with van der Waals surface area (Å²) in [6, 6.07) is 7.59. The van der Waals surface area contributed by atoms with E-state index in [0.29, 0.717) is 13.0 Å². The summed E-state index contributed by atoms with van der Waals surface area (Å²) in [5, 5.41) is 11.7. The number of nitrogens with one attached hydrogen (secondary N) is 1. The van der Waals surface area contributed by atoms with Crippen molar-refractivity contribution >= 4 is 11.6 Å². The van der Waals surface area contributed by atoms with Crippen LogP contribution in [-0.2, 0) is 4.79 Å². The SMILES string of the molecule is CC(CO)CNC(=O)CC(C)c1ccc(N)cc1. The van der Waals surface area contributed by atoms with Crippen LogP contribution in [0.5, 0.6) is 0 Å². The Kier molecular flexibility index (Phi) is 5.65. The predicted octanol–water partition coefficient (Wildman–Crippen LogP) is 1.51. The number of nitrogen functional groups attached to an aromatic ring is 1. The number of carbonyl (C=O) groups is 1. The molecule has 0 aliphatic carbocycles. The molecule has 1 aromatic rings. The smallest absolute Gasteiger partial charge is 0.220 e. The van der Waals surface area contributed by atoms with E-state index in [1.807, 2.05) is 38.1 Å². The standard InChI is InChI=1S/C14H22N2O2/c1-10(9-17)8-16-14(18)7-11(2)12-3-5-13(15)6-4-12/h3-6,10-11,17H,7-9,15H2,1-2H3,(H,16,18). The van der Waals surface area contributed by atoms with Crippen LogP contribution in [0, 0.1) is 5.92 Å². The van der Waals surface area contributed by atoms with Crippen LogP contribution in [-0.4, -0.2) is 24.2 Å². The topological polar surface area (TPSA) is 75.3 Å². The van der Waals surface area contributed by atoms with Gasteiger partial charge in [0.15, 0.2) is 0 Å². The Bertz CT molecular complexity index is 376. The number of carbonyl (C=O) groups excluding carboxylic acids is 1. The van der Waals surface area contributed by atoms with Gasteiger partial charge in [0.25, 0.3) is 0 Å². The Morgan fingerprint density at radius 1 is 1.33 bits per heavy atom. The molecule has 0 saturated heterocycles. The van der Waals surface area contributed by atoms with Gasteiger partial charge in [0, 0.05) is 25.3 Å². The summed E-state index contributed by atoms with van der Waals surface area (Å²) in [7, 11) is 0. The zero-order valence-corrected chi connectivity index (χ0v) is 11.0. The lowest BCUT2D eigenvalue weighted by Crippen LogP contribution is -2.30. The number of rotatable bonds is 6. The van der Waals surface area contributed by atoms with Gasteiger partial charge < -0.3 is 16.2 Å². The average Bonchev–Trinajstić information content (AvgIpc) is 2.36. The van der Waals surface area contributed by atoms with Crippen molar-refractivity contribution in [3.05, 3.63) is 29.8 Å². The zero-order valence-electron chi connectivity index (χ0n) is 11.0. The summed E-state index contributed by atoms with van der Waals surface area (Å²) in [6.07, 6.45) is 0.446. The van der Waals surface area contributed by atoms with Crippen molar-refractivity contribution in [2.75, 3.05) is 18.9 Å². The van der Waals surface area contributed by atoms with E-state index >= 15 is 0 Å². The van der Waals surface area contributed by atoms with Crippen molar-refractivity contribution in [1.82, 2.24) is 5.32 Å². The van der Waals surface area contributed by atoms with Crippen LogP contribution in [0.25, 0.3) is 0 Å². The molecule has 2 atom stereocenters. The van der Waals surface area contributed by atoms with Gasteiger partial charge in [-0.15, -0.1) is 0 Å². The van der Waals surface area contributed by atoms with E-state index in [1.54, 1.807) is 0 Å². The van der Waals surface area contributed by atoms with Gasteiger partial charge in [-0.05, 0) is 29.5 Å². The number of hydrogen-bond donors (Lipinski definition) is 3. The first kappa shape index (κ1) is 14.5. The number of aliphatic hydroxyl groups is 1. The molecular formula is C14H22N2O2. The molecule has 0 saturated carbocycles. The highest BCUT2D eigenvalue weighted by molar-refractivity contribution is 5.76. The quantitative estimate of drug-likeness (QED) is 0.670. The van der Waals surface area contributed by atoms with Crippen LogP contribution >= 0.6 is 0 Å². The first-order valence-corrected chi connectivity index (χ1v) is 6.26. The fraction of sp³-hybridized carbons (Fsp3) is 0.500.